The van der Waals surface area contributed by atoms with Gasteiger partial charge in [-0.25, -0.2) is 9.78 Å². The van der Waals surface area contributed by atoms with Crippen molar-refractivity contribution < 1.29 is 14.6 Å². The van der Waals surface area contributed by atoms with Crippen LogP contribution in [0.1, 0.15) is 6.42 Å². The number of nitrogens with zero attached hydrogens (tertiary/aromatic N) is 3. The first-order valence-electron chi connectivity index (χ1n) is 5.71. The first kappa shape index (κ1) is 12.6. The van der Waals surface area contributed by atoms with E-state index in [1.54, 1.807) is 18.2 Å². The normalized spacial score (nSPS) is 16.6. The largest absolute Gasteiger partial charge is 0.478 e. The van der Waals surface area contributed by atoms with Crippen LogP contribution in [0.25, 0.3) is 0 Å². The predicted octanol–water partition coefficient (Wildman–Crippen LogP) is 2.15. The fourth-order valence-corrected chi connectivity index (χ4v) is 2.07. The minimum Gasteiger partial charge on any atom is -0.478 e. The van der Waals surface area contributed by atoms with Crippen LogP contribution in [0.2, 0.25) is 5.28 Å². The number of fused-ring (bicyclic) bond motifs is 1. The van der Waals surface area contributed by atoms with Crippen molar-refractivity contribution in [3.8, 4) is 5.88 Å². The molecular formula is C13H8ClN3O3. The Bertz CT molecular complexity index is 719. The summed E-state index contributed by atoms with van der Waals surface area (Å²) in [5.74, 6) is -0.120. The average molecular weight is 290 g/mol. The van der Waals surface area contributed by atoms with E-state index < -0.39 is 5.97 Å². The smallest absolute Gasteiger partial charge is 0.337 e. The number of hydrogen-bond acceptors (Lipinski definition) is 5. The van der Waals surface area contributed by atoms with E-state index in [0.717, 1.165) is 0 Å². The van der Waals surface area contributed by atoms with Gasteiger partial charge in [-0.05, 0) is 23.8 Å². The number of aromatic nitrogens is 2. The van der Waals surface area contributed by atoms with Crippen molar-refractivity contribution in [1.82, 2.24) is 9.97 Å². The molecule has 0 aromatic carbocycles. The van der Waals surface area contributed by atoms with Crippen molar-refractivity contribution in [1.29, 1.82) is 0 Å². The Labute approximate surface area is 118 Å². The molecule has 0 radical (unpaired) electrons. The number of ether oxygens (including phenoxy) is 1. The highest BCUT2D eigenvalue weighted by molar-refractivity contribution is 6.28. The third-order valence-corrected chi connectivity index (χ3v) is 2.99. The highest BCUT2D eigenvalue weighted by Crippen LogP contribution is 2.32. The van der Waals surface area contributed by atoms with Crippen molar-refractivity contribution in [2.45, 2.75) is 6.42 Å². The molecule has 1 aromatic rings. The Morgan fingerprint density at radius 1 is 1.40 bits per heavy atom. The molecule has 0 bridgehead atoms. The molecule has 1 aliphatic carbocycles. The van der Waals surface area contributed by atoms with E-state index in [1.807, 2.05) is 0 Å². The molecule has 0 spiro atoms. The SMILES string of the molecule is O=C(O)C1=C2CC(Oc3ccnc(Cl)n3)=CC=C2N=C1. The molecule has 0 fully saturated rings. The molecular weight excluding hydrogens is 282 g/mol. The van der Waals surface area contributed by atoms with Crippen molar-refractivity contribution in [3.05, 3.63) is 52.3 Å². The molecule has 2 aliphatic rings. The molecule has 0 saturated heterocycles. The second kappa shape index (κ2) is 4.90. The number of aliphatic carboxylic acids is 1. The Morgan fingerprint density at radius 3 is 3.00 bits per heavy atom. The van der Waals surface area contributed by atoms with E-state index in [1.165, 1.54) is 12.4 Å². The highest BCUT2D eigenvalue weighted by Gasteiger charge is 2.24. The fourth-order valence-electron chi connectivity index (χ4n) is 1.93. The minimum atomic E-state index is -1.00. The zero-order valence-corrected chi connectivity index (χ0v) is 10.8. The summed E-state index contributed by atoms with van der Waals surface area (Å²) in [6, 6.07) is 1.57. The minimum absolute atomic E-state index is 0.0878. The Morgan fingerprint density at radius 2 is 2.25 bits per heavy atom. The van der Waals surface area contributed by atoms with Crippen LogP contribution in [0.15, 0.2) is 52.0 Å². The lowest BCUT2D eigenvalue weighted by Gasteiger charge is -2.14. The number of carboxylic acid groups (broad SMARTS) is 1. The molecule has 7 heteroatoms. The second-order valence-electron chi connectivity index (χ2n) is 4.08. The maximum absolute atomic E-state index is 11.1. The maximum Gasteiger partial charge on any atom is 0.337 e. The molecule has 20 heavy (non-hydrogen) atoms. The number of hydrogen-bond donors (Lipinski definition) is 1. The molecule has 0 amide bonds. The highest BCUT2D eigenvalue weighted by atomic mass is 35.5. The number of carboxylic acids is 1. The third kappa shape index (κ3) is 2.33. The van der Waals surface area contributed by atoms with Gasteiger partial charge in [-0.3, -0.25) is 4.99 Å². The van der Waals surface area contributed by atoms with Crippen LogP contribution in [-0.2, 0) is 4.79 Å². The van der Waals surface area contributed by atoms with Gasteiger partial charge in [0.15, 0.2) is 0 Å². The van der Waals surface area contributed by atoms with Crippen LogP contribution in [-0.4, -0.2) is 27.3 Å². The molecule has 1 aromatic heterocycles. The van der Waals surface area contributed by atoms with Gasteiger partial charge < -0.3 is 9.84 Å². The summed E-state index contributed by atoms with van der Waals surface area (Å²) in [4.78, 5) is 22.8. The standard InChI is InChI=1S/C13H8ClN3O3/c14-13-15-4-3-11(17-13)20-7-1-2-10-8(5-7)9(6-16-10)12(18)19/h1-4,6H,5H2,(H,18,19). The van der Waals surface area contributed by atoms with Crippen molar-refractivity contribution in [3.63, 3.8) is 0 Å². The summed E-state index contributed by atoms with van der Waals surface area (Å²) in [5.41, 5.74) is 1.47. The number of allylic oxidation sites excluding steroid dienone is 4. The van der Waals surface area contributed by atoms with Crippen molar-refractivity contribution in [2.24, 2.45) is 4.99 Å². The van der Waals surface area contributed by atoms with Gasteiger partial charge in [0, 0.05) is 30.5 Å². The van der Waals surface area contributed by atoms with Crippen molar-refractivity contribution >= 4 is 23.8 Å². The van der Waals surface area contributed by atoms with Gasteiger partial charge in [-0.1, -0.05) is 0 Å². The lowest BCUT2D eigenvalue weighted by Crippen LogP contribution is -2.07. The van der Waals surface area contributed by atoms with E-state index in [0.29, 0.717) is 29.3 Å². The molecule has 100 valence electrons. The van der Waals surface area contributed by atoms with Crippen LogP contribution in [0.3, 0.4) is 0 Å². The van der Waals surface area contributed by atoms with Gasteiger partial charge in [0.1, 0.15) is 5.76 Å². The van der Waals surface area contributed by atoms with E-state index in [9.17, 15) is 4.79 Å². The summed E-state index contributed by atoms with van der Waals surface area (Å²) in [7, 11) is 0. The summed E-state index contributed by atoms with van der Waals surface area (Å²) in [5, 5.41) is 9.18. The first-order chi connectivity index (χ1) is 9.63. The Hall–Kier alpha value is -2.47. The van der Waals surface area contributed by atoms with Gasteiger partial charge in [-0.15, -0.1) is 0 Å². The predicted molar refractivity (Wildman–Crippen MR) is 71.6 cm³/mol. The summed E-state index contributed by atoms with van der Waals surface area (Å²) in [6.45, 7) is 0. The third-order valence-electron chi connectivity index (χ3n) is 2.81. The zero-order valence-electron chi connectivity index (χ0n) is 10.1. The Balaban J connectivity index is 1.85. The molecule has 3 rings (SSSR count). The van der Waals surface area contributed by atoms with Crippen molar-refractivity contribution in [2.75, 3.05) is 0 Å². The lowest BCUT2D eigenvalue weighted by molar-refractivity contribution is -0.132. The molecule has 0 atom stereocenters. The first-order valence-corrected chi connectivity index (χ1v) is 6.09. The summed E-state index contributed by atoms with van der Waals surface area (Å²) >= 11 is 5.68. The maximum atomic E-state index is 11.1. The average Bonchev–Trinajstić information content (AvgIpc) is 2.82. The van der Waals surface area contributed by atoms with Crippen LogP contribution in [0.4, 0.5) is 0 Å². The van der Waals surface area contributed by atoms with E-state index in [2.05, 4.69) is 15.0 Å². The Kier molecular flexibility index (Phi) is 3.08. The molecule has 6 nitrogen and oxygen atoms in total. The number of halogens is 1. The number of rotatable bonds is 3. The zero-order chi connectivity index (χ0) is 14.1. The van der Waals surface area contributed by atoms with E-state index >= 15 is 0 Å². The van der Waals surface area contributed by atoms with Crippen LogP contribution >= 0.6 is 11.6 Å². The van der Waals surface area contributed by atoms with E-state index in [-0.39, 0.29) is 10.9 Å². The second-order valence-corrected chi connectivity index (χ2v) is 4.42. The summed E-state index contributed by atoms with van der Waals surface area (Å²) < 4.78 is 5.57. The fraction of sp³-hybridized carbons (Fsp3) is 0.0769. The monoisotopic (exact) mass is 289 g/mol. The molecule has 1 aliphatic heterocycles. The number of aliphatic imine (C=N–C) groups is 1. The van der Waals surface area contributed by atoms with Crippen LogP contribution in [0, 0.1) is 0 Å². The van der Waals surface area contributed by atoms with Gasteiger partial charge in [0.05, 0.1) is 11.3 Å². The topological polar surface area (TPSA) is 84.7 Å². The van der Waals surface area contributed by atoms with Gasteiger partial charge in [-0.2, -0.15) is 4.98 Å². The molecule has 0 unspecified atom stereocenters. The van der Waals surface area contributed by atoms with Crippen LogP contribution in [0.5, 0.6) is 5.88 Å². The van der Waals surface area contributed by atoms with Gasteiger partial charge in [0.25, 0.3) is 0 Å². The van der Waals surface area contributed by atoms with Crippen LogP contribution < -0.4 is 4.74 Å². The molecule has 0 saturated carbocycles. The van der Waals surface area contributed by atoms with Gasteiger partial charge in [0.2, 0.25) is 11.2 Å². The van der Waals surface area contributed by atoms with E-state index in [4.69, 9.17) is 21.4 Å². The lowest BCUT2D eigenvalue weighted by atomic mass is 10.00. The van der Waals surface area contributed by atoms with Gasteiger partial charge >= 0.3 is 5.97 Å². The molecule has 1 N–H and O–H groups in total. The molecule has 2 heterocycles. The quantitative estimate of drug-likeness (QED) is 0.862. The number of carbonyl (C=O) groups is 1. The summed E-state index contributed by atoms with van der Waals surface area (Å²) in [6.07, 6.45) is 6.62.